The number of carbonyl (C=O) groups is 1. The van der Waals surface area contributed by atoms with E-state index < -0.39 is 0 Å². The second-order valence-electron chi connectivity index (χ2n) is 6.25. The fourth-order valence-electron chi connectivity index (χ4n) is 3.24. The Labute approximate surface area is 112 Å². The molecule has 106 valence electrons. The molecule has 0 saturated heterocycles. The number of rotatable bonds is 6. The van der Waals surface area contributed by atoms with Crippen molar-refractivity contribution in [2.45, 2.75) is 78.7 Å². The molecule has 0 heterocycles. The van der Waals surface area contributed by atoms with Crippen molar-refractivity contribution in [2.24, 2.45) is 17.8 Å². The van der Waals surface area contributed by atoms with E-state index in [0.29, 0.717) is 5.92 Å². The summed E-state index contributed by atoms with van der Waals surface area (Å²) in [5.74, 6) is 2.32. The maximum Gasteiger partial charge on any atom is 0.302 e. The number of hydrogen-bond donors (Lipinski definition) is 0. The third-order valence-electron chi connectivity index (χ3n) is 4.44. The van der Waals surface area contributed by atoms with E-state index in [2.05, 4.69) is 20.8 Å². The lowest BCUT2D eigenvalue weighted by Gasteiger charge is -2.32. The lowest BCUT2D eigenvalue weighted by molar-refractivity contribution is -0.147. The van der Waals surface area contributed by atoms with Gasteiger partial charge in [-0.2, -0.15) is 0 Å². The summed E-state index contributed by atoms with van der Waals surface area (Å²) < 4.78 is 5.43. The van der Waals surface area contributed by atoms with Crippen molar-refractivity contribution in [1.29, 1.82) is 0 Å². The van der Waals surface area contributed by atoms with Gasteiger partial charge in [-0.15, -0.1) is 0 Å². The first-order chi connectivity index (χ1) is 8.52. The molecule has 0 aromatic rings. The zero-order valence-corrected chi connectivity index (χ0v) is 12.6. The summed E-state index contributed by atoms with van der Waals surface area (Å²) in [5, 5.41) is 0. The van der Waals surface area contributed by atoms with Crippen molar-refractivity contribution in [1.82, 2.24) is 0 Å². The summed E-state index contributed by atoms with van der Waals surface area (Å²) in [6, 6.07) is 0. The second-order valence-corrected chi connectivity index (χ2v) is 6.25. The van der Waals surface area contributed by atoms with Gasteiger partial charge in [-0.3, -0.25) is 4.79 Å². The maximum absolute atomic E-state index is 11.1. The molecule has 2 heteroatoms. The minimum Gasteiger partial charge on any atom is -0.463 e. The molecule has 0 aromatic heterocycles. The van der Waals surface area contributed by atoms with Crippen molar-refractivity contribution in [3.05, 3.63) is 0 Å². The van der Waals surface area contributed by atoms with Crippen LogP contribution < -0.4 is 0 Å². The maximum atomic E-state index is 11.1. The molecule has 1 aliphatic carbocycles. The molecule has 18 heavy (non-hydrogen) atoms. The normalized spacial score (nSPS) is 27.6. The summed E-state index contributed by atoms with van der Waals surface area (Å²) in [7, 11) is 0. The fraction of sp³-hybridized carbons (Fsp3) is 0.938. The number of esters is 1. The predicted octanol–water partition coefficient (Wildman–Crippen LogP) is 4.57. The first-order valence-corrected chi connectivity index (χ1v) is 7.70. The predicted molar refractivity (Wildman–Crippen MR) is 75.4 cm³/mol. The van der Waals surface area contributed by atoms with Gasteiger partial charge in [0.15, 0.2) is 0 Å². The Balaban J connectivity index is 2.39. The molecule has 0 aliphatic heterocycles. The topological polar surface area (TPSA) is 26.3 Å². The van der Waals surface area contributed by atoms with Crippen LogP contribution in [0.15, 0.2) is 0 Å². The molecule has 0 aromatic carbocycles. The van der Waals surface area contributed by atoms with Gasteiger partial charge in [0.1, 0.15) is 6.10 Å². The van der Waals surface area contributed by atoms with E-state index in [4.69, 9.17) is 4.74 Å². The highest BCUT2D eigenvalue weighted by molar-refractivity contribution is 5.66. The lowest BCUT2D eigenvalue weighted by Crippen LogP contribution is -2.25. The minimum atomic E-state index is -0.127. The molecule has 1 fully saturated rings. The summed E-state index contributed by atoms with van der Waals surface area (Å²) in [6.45, 7) is 8.38. The monoisotopic (exact) mass is 254 g/mol. The summed E-state index contributed by atoms with van der Waals surface area (Å²) in [5.41, 5.74) is 0. The average Bonchev–Trinajstić information content (AvgIpc) is 2.29. The Morgan fingerprint density at radius 3 is 2.39 bits per heavy atom. The van der Waals surface area contributed by atoms with E-state index in [-0.39, 0.29) is 12.1 Å². The summed E-state index contributed by atoms with van der Waals surface area (Å²) >= 11 is 0. The van der Waals surface area contributed by atoms with Crippen LogP contribution in [0.1, 0.15) is 72.6 Å². The van der Waals surface area contributed by atoms with Crippen LogP contribution in [0, 0.1) is 17.8 Å². The molecule has 2 atom stereocenters. The second kappa shape index (κ2) is 7.81. The Morgan fingerprint density at radius 2 is 1.89 bits per heavy atom. The largest absolute Gasteiger partial charge is 0.463 e. The molecule has 0 spiro atoms. The van der Waals surface area contributed by atoms with Gasteiger partial charge in [0.05, 0.1) is 0 Å². The van der Waals surface area contributed by atoms with Crippen LogP contribution in [0.3, 0.4) is 0 Å². The third-order valence-corrected chi connectivity index (χ3v) is 4.44. The Hall–Kier alpha value is -0.530. The van der Waals surface area contributed by atoms with Crippen molar-refractivity contribution < 1.29 is 9.53 Å². The summed E-state index contributed by atoms with van der Waals surface area (Å²) in [4.78, 5) is 11.1. The van der Waals surface area contributed by atoms with Crippen molar-refractivity contribution in [3.8, 4) is 0 Å². The molecular formula is C16H30O2. The zero-order valence-electron chi connectivity index (χ0n) is 12.6. The van der Waals surface area contributed by atoms with Crippen molar-refractivity contribution >= 4 is 5.97 Å². The van der Waals surface area contributed by atoms with Gasteiger partial charge in [-0.05, 0) is 43.4 Å². The molecule has 2 unspecified atom stereocenters. The Kier molecular flexibility index (Phi) is 6.73. The minimum absolute atomic E-state index is 0.127. The Bertz CT molecular complexity index is 241. The molecule has 1 rings (SSSR count). The number of carbonyl (C=O) groups excluding carboxylic acids is 1. The van der Waals surface area contributed by atoms with E-state index >= 15 is 0 Å². The van der Waals surface area contributed by atoms with Crippen molar-refractivity contribution in [2.75, 3.05) is 0 Å². The van der Waals surface area contributed by atoms with Gasteiger partial charge in [-0.25, -0.2) is 0 Å². The van der Waals surface area contributed by atoms with Gasteiger partial charge in [0, 0.05) is 6.92 Å². The van der Waals surface area contributed by atoms with Crippen LogP contribution in [0.4, 0.5) is 0 Å². The van der Waals surface area contributed by atoms with E-state index in [0.717, 1.165) is 31.1 Å². The van der Waals surface area contributed by atoms with Crippen LogP contribution >= 0.6 is 0 Å². The van der Waals surface area contributed by atoms with Crippen LogP contribution in [0.2, 0.25) is 0 Å². The van der Waals surface area contributed by atoms with E-state index in [1.54, 1.807) is 0 Å². The van der Waals surface area contributed by atoms with Gasteiger partial charge >= 0.3 is 5.97 Å². The van der Waals surface area contributed by atoms with E-state index in [9.17, 15) is 4.79 Å². The smallest absolute Gasteiger partial charge is 0.302 e. The highest BCUT2D eigenvalue weighted by Crippen LogP contribution is 2.35. The van der Waals surface area contributed by atoms with Gasteiger partial charge in [-0.1, -0.05) is 40.0 Å². The molecule has 1 saturated carbocycles. The zero-order chi connectivity index (χ0) is 13.5. The number of hydrogen-bond acceptors (Lipinski definition) is 2. The first-order valence-electron chi connectivity index (χ1n) is 7.70. The van der Waals surface area contributed by atoms with Gasteiger partial charge in [0.25, 0.3) is 0 Å². The average molecular weight is 254 g/mol. The number of ether oxygens (including phenoxy) is 1. The SMILES string of the molecule is CCCC(CC(C)C1CCC(C)CC1)OC(C)=O. The fourth-order valence-corrected chi connectivity index (χ4v) is 3.24. The molecule has 0 amide bonds. The van der Waals surface area contributed by atoms with E-state index in [1.807, 2.05) is 0 Å². The Morgan fingerprint density at radius 1 is 1.28 bits per heavy atom. The van der Waals surface area contributed by atoms with Crippen molar-refractivity contribution in [3.63, 3.8) is 0 Å². The highest BCUT2D eigenvalue weighted by Gasteiger charge is 2.26. The van der Waals surface area contributed by atoms with Crippen LogP contribution in [-0.2, 0) is 9.53 Å². The summed E-state index contributed by atoms with van der Waals surface area (Å²) in [6.07, 6.45) is 8.76. The molecule has 0 N–H and O–H groups in total. The lowest BCUT2D eigenvalue weighted by atomic mass is 9.75. The van der Waals surface area contributed by atoms with E-state index in [1.165, 1.54) is 32.6 Å². The highest BCUT2D eigenvalue weighted by atomic mass is 16.5. The van der Waals surface area contributed by atoms with Gasteiger partial charge in [0.2, 0.25) is 0 Å². The molecular weight excluding hydrogens is 224 g/mol. The first kappa shape index (κ1) is 15.5. The van der Waals surface area contributed by atoms with Crippen LogP contribution in [0.5, 0.6) is 0 Å². The molecule has 1 aliphatic rings. The third kappa shape index (κ3) is 5.41. The molecule has 0 radical (unpaired) electrons. The molecule has 2 nitrogen and oxygen atoms in total. The molecule has 0 bridgehead atoms. The quantitative estimate of drug-likeness (QED) is 0.649. The van der Waals surface area contributed by atoms with Gasteiger partial charge < -0.3 is 4.74 Å². The van der Waals surface area contributed by atoms with Crippen LogP contribution in [0.25, 0.3) is 0 Å². The standard InChI is InChI=1S/C16H30O2/c1-5-6-16(18-14(4)17)11-13(3)15-9-7-12(2)8-10-15/h12-13,15-16H,5-11H2,1-4H3. The van der Waals surface area contributed by atoms with Crippen LogP contribution in [-0.4, -0.2) is 12.1 Å².